The minimum Gasteiger partial charge on any atom is -0.345 e. The summed E-state index contributed by atoms with van der Waals surface area (Å²) in [5.74, 6) is 0.638. The smallest absolute Gasteiger partial charge is 0.227 e. The second-order valence-corrected chi connectivity index (χ2v) is 5.80. The van der Waals surface area contributed by atoms with Gasteiger partial charge in [0.25, 0.3) is 0 Å². The van der Waals surface area contributed by atoms with Crippen molar-refractivity contribution in [2.45, 2.75) is 32.7 Å². The van der Waals surface area contributed by atoms with Crippen LogP contribution in [0.4, 0.5) is 0 Å². The molecule has 0 unspecified atom stereocenters. The van der Waals surface area contributed by atoms with Crippen molar-refractivity contribution in [1.82, 2.24) is 4.90 Å². The molecule has 1 heterocycles. The predicted octanol–water partition coefficient (Wildman–Crippen LogP) is 2.12. The summed E-state index contributed by atoms with van der Waals surface area (Å²) in [5.41, 5.74) is 5.97. The Morgan fingerprint density at radius 1 is 1.53 bits per heavy atom. The van der Waals surface area contributed by atoms with Gasteiger partial charge in [-0.05, 0) is 23.8 Å². The van der Waals surface area contributed by atoms with E-state index in [4.69, 9.17) is 5.73 Å². The summed E-state index contributed by atoms with van der Waals surface area (Å²) in [7, 11) is 1.85. The second kappa shape index (κ2) is 6.77. The topological polar surface area (TPSA) is 46.3 Å². The van der Waals surface area contributed by atoms with Crippen LogP contribution >= 0.6 is 11.3 Å². The Kier molecular flexibility index (Phi) is 5.65. The lowest BCUT2D eigenvalue weighted by Gasteiger charge is -2.21. The Balaban J connectivity index is 2.32. The van der Waals surface area contributed by atoms with Crippen molar-refractivity contribution in [2.24, 2.45) is 11.7 Å². The number of likely N-dealkylation sites (N-methyl/N-ethyl adjacent to an activating group) is 1. The van der Waals surface area contributed by atoms with Gasteiger partial charge >= 0.3 is 0 Å². The first-order valence-corrected chi connectivity index (χ1v) is 6.90. The molecule has 17 heavy (non-hydrogen) atoms. The van der Waals surface area contributed by atoms with Crippen LogP contribution in [0, 0.1) is 5.92 Å². The van der Waals surface area contributed by atoms with Gasteiger partial charge in [-0.2, -0.15) is 0 Å². The first-order valence-electron chi connectivity index (χ1n) is 6.02. The minimum atomic E-state index is 0.170. The fourth-order valence-corrected chi connectivity index (χ4v) is 2.19. The van der Waals surface area contributed by atoms with Gasteiger partial charge in [0.2, 0.25) is 5.91 Å². The van der Waals surface area contributed by atoms with Crippen LogP contribution in [0.15, 0.2) is 17.5 Å². The summed E-state index contributed by atoms with van der Waals surface area (Å²) in [6.07, 6.45) is 1.37. The van der Waals surface area contributed by atoms with Gasteiger partial charge in [-0.3, -0.25) is 4.79 Å². The van der Waals surface area contributed by atoms with E-state index in [1.807, 2.05) is 24.6 Å². The third kappa shape index (κ3) is 4.88. The Morgan fingerprint density at radius 2 is 2.24 bits per heavy atom. The van der Waals surface area contributed by atoms with Crippen molar-refractivity contribution in [3.05, 3.63) is 22.4 Å². The Bertz CT molecular complexity index is 335. The van der Waals surface area contributed by atoms with Gasteiger partial charge in [0.15, 0.2) is 0 Å². The van der Waals surface area contributed by atoms with Crippen LogP contribution in [0.5, 0.6) is 0 Å². The van der Waals surface area contributed by atoms with Crippen molar-refractivity contribution in [3.63, 3.8) is 0 Å². The number of hydrogen-bond donors (Lipinski definition) is 1. The molecule has 4 heteroatoms. The maximum Gasteiger partial charge on any atom is 0.227 e. The number of carbonyl (C=O) groups is 1. The molecule has 0 aliphatic carbocycles. The van der Waals surface area contributed by atoms with Gasteiger partial charge in [-0.1, -0.05) is 19.9 Å². The predicted molar refractivity (Wildman–Crippen MR) is 73.1 cm³/mol. The monoisotopic (exact) mass is 254 g/mol. The summed E-state index contributed by atoms with van der Waals surface area (Å²) in [5, 5.41) is 2.00. The van der Waals surface area contributed by atoms with Crippen molar-refractivity contribution >= 4 is 17.2 Å². The van der Waals surface area contributed by atoms with Gasteiger partial charge < -0.3 is 10.6 Å². The summed E-state index contributed by atoms with van der Waals surface area (Å²) in [6, 6.07) is 4.14. The number of nitrogens with two attached hydrogens (primary N) is 1. The van der Waals surface area contributed by atoms with Gasteiger partial charge in [0, 0.05) is 24.5 Å². The van der Waals surface area contributed by atoms with Crippen LogP contribution in [-0.2, 0) is 11.2 Å². The normalized spacial score (nSPS) is 12.8. The molecule has 1 aromatic heterocycles. The Labute approximate surface area is 108 Å². The van der Waals surface area contributed by atoms with Crippen LogP contribution in [0.2, 0.25) is 0 Å². The summed E-state index contributed by atoms with van der Waals surface area (Å²) in [6.45, 7) is 4.96. The van der Waals surface area contributed by atoms with Gasteiger partial charge in [-0.15, -0.1) is 11.3 Å². The molecule has 0 spiro atoms. The van der Waals surface area contributed by atoms with E-state index in [1.54, 1.807) is 16.2 Å². The molecule has 96 valence electrons. The minimum absolute atomic E-state index is 0.170. The second-order valence-electron chi connectivity index (χ2n) is 4.77. The fraction of sp³-hybridized carbons (Fsp3) is 0.615. The van der Waals surface area contributed by atoms with E-state index in [1.165, 1.54) is 0 Å². The fourth-order valence-electron chi connectivity index (χ4n) is 1.50. The molecule has 1 amide bonds. The van der Waals surface area contributed by atoms with Crippen molar-refractivity contribution in [3.8, 4) is 0 Å². The molecule has 1 rings (SSSR count). The standard InChI is InChI=1S/C13H22N2OS/c1-10(2)12(14)6-7-15(3)13(16)9-11-5-4-8-17-11/h4-5,8,10,12H,6-7,9,14H2,1-3H3/t12-/m1/s1. The Hall–Kier alpha value is -0.870. The molecule has 1 atom stereocenters. The molecule has 1 aromatic rings. The number of carbonyl (C=O) groups excluding carboxylic acids is 1. The number of thiophene rings is 1. The summed E-state index contributed by atoms with van der Waals surface area (Å²) >= 11 is 1.63. The van der Waals surface area contributed by atoms with Gasteiger partial charge in [-0.25, -0.2) is 0 Å². The van der Waals surface area contributed by atoms with E-state index >= 15 is 0 Å². The van der Waals surface area contributed by atoms with E-state index in [0.717, 1.165) is 17.8 Å². The first-order chi connectivity index (χ1) is 8.00. The highest BCUT2D eigenvalue weighted by Crippen LogP contribution is 2.11. The summed E-state index contributed by atoms with van der Waals surface area (Å²) < 4.78 is 0. The molecule has 3 nitrogen and oxygen atoms in total. The third-order valence-corrected chi connectivity index (χ3v) is 3.86. The first kappa shape index (κ1) is 14.2. The highest BCUT2D eigenvalue weighted by molar-refractivity contribution is 7.10. The number of amides is 1. The maximum atomic E-state index is 11.9. The van der Waals surface area contributed by atoms with E-state index in [2.05, 4.69) is 13.8 Å². The van der Waals surface area contributed by atoms with E-state index in [9.17, 15) is 4.79 Å². The lowest BCUT2D eigenvalue weighted by atomic mass is 10.0. The Morgan fingerprint density at radius 3 is 2.76 bits per heavy atom. The molecule has 0 aromatic carbocycles. The average molecular weight is 254 g/mol. The lowest BCUT2D eigenvalue weighted by Crippen LogP contribution is -2.35. The number of hydrogen-bond acceptors (Lipinski definition) is 3. The van der Waals surface area contributed by atoms with Crippen LogP contribution in [0.3, 0.4) is 0 Å². The van der Waals surface area contributed by atoms with Crippen molar-refractivity contribution < 1.29 is 4.79 Å². The van der Waals surface area contributed by atoms with Crippen LogP contribution in [0.25, 0.3) is 0 Å². The van der Waals surface area contributed by atoms with Crippen LogP contribution in [0.1, 0.15) is 25.1 Å². The van der Waals surface area contributed by atoms with E-state index in [0.29, 0.717) is 12.3 Å². The zero-order valence-electron chi connectivity index (χ0n) is 10.8. The quantitative estimate of drug-likeness (QED) is 0.845. The molecule has 0 aliphatic rings. The maximum absolute atomic E-state index is 11.9. The van der Waals surface area contributed by atoms with E-state index in [-0.39, 0.29) is 11.9 Å². The molecule has 0 bridgehead atoms. The molecular weight excluding hydrogens is 232 g/mol. The van der Waals surface area contributed by atoms with Crippen molar-refractivity contribution in [1.29, 1.82) is 0 Å². The third-order valence-electron chi connectivity index (χ3n) is 2.99. The number of rotatable bonds is 6. The lowest BCUT2D eigenvalue weighted by molar-refractivity contribution is -0.129. The average Bonchev–Trinajstić information content (AvgIpc) is 2.77. The SMILES string of the molecule is CC(C)[C@H](N)CCN(C)C(=O)Cc1cccs1. The molecule has 0 radical (unpaired) electrons. The zero-order valence-corrected chi connectivity index (χ0v) is 11.7. The highest BCUT2D eigenvalue weighted by atomic mass is 32.1. The van der Waals surface area contributed by atoms with Gasteiger partial charge in [0.1, 0.15) is 0 Å². The zero-order chi connectivity index (χ0) is 12.8. The van der Waals surface area contributed by atoms with Gasteiger partial charge in [0.05, 0.1) is 6.42 Å². The molecule has 0 saturated carbocycles. The highest BCUT2D eigenvalue weighted by Gasteiger charge is 2.13. The molecule has 0 aliphatic heterocycles. The molecule has 0 fully saturated rings. The number of nitrogens with zero attached hydrogens (tertiary/aromatic N) is 1. The molecule has 2 N–H and O–H groups in total. The van der Waals surface area contributed by atoms with E-state index < -0.39 is 0 Å². The van der Waals surface area contributed by atoms with Crippen LogP contribution < -0.4 is 5.73 Å². The largest absolute Gasteiger partial charge is 0.345 e. The summed E-state index contributed by atoms with van der Waals surface area (Å²) in [4.78, 5) is 14.8. The van der Waals surface area contributed by atoms with Crippen molar-refractivity contribution in [2.75, 3.05) is 13.6 Å². The molecular formula is C13H22N2OS. The van der Waals surface area contributed by atoms with Crippen LogP contribution in [-0.4, -0.2) is 30.4 Å². The molecule has 0 saturated heterocycles.